The molecule has 0 spiro atoms. The van der Waals surface area contributed by atoms with Gasteiger partial charge in [-0.1, -0.05) is 49.9 Å². The average molecular weight is 403 g/mol. The van der Waals surface area contributed by atoms with Crippen LogP contribution in [0.1, 0.15) is 87.9 Å². The maximum Gasteiger partial charge on any atom is 0.339 e. The van der Waals surface area contributed by atoms with E-state index in [-0.39, 0.29) is 21.2 Å². The number of carbonyl (C=O) groups excluding carboxylic acids is 2. The second-order valence-electron chi connectivity index (χ2n) is 7.61. The predicted molar refractivity (Wildman–Crippen MR) is 105 cm³/mol. The van der Waals surface area contributed by atoms with Gasteiger partial charge in [0.15, 0.2) is 0 Å². The lowest BCUT2D eigenvalue weighted by Crippen LogP contribution is -2.31. The zero-order chi connectivity index (χ0) is 20.1. The second-order valence-corrected chi connectivity index (χ2v) is 8.42. The largest absolute Gasteiger partial charge is 0.456 e. The fourth-order valence-corrected chi connectivity index (χ4v) is 3.13. The first-order valence-electron chi connectivity index (χ1n) is 8.88. The van der Waals surface area contributed by atoms with E-state index in [1.165, 1.54) is 12.1 Å². The van der Waals surface area contributed by atoms with E-state index < -0.39 is 23.1 Å². The lowest BCUT2D eigenvalue weighted by atomic mass is 10.0. The third-order valence-corrected chi connectivity index (χ3v) is 4.66. The minimum absolute atomic E-state index is 0.0564. The Morgan fingerprint density at radius 2 is 1.12 bits per heavy atom. The first-order valence-corrected chi connectivity index (χ1v) is 9.63. The Kier molecular flexibility index (Phi) is 7.97. The average Bonchev–Trinajstić information content (AvgIpc) is 2.48. The Labute approximate surface area is 166 Å². The van der Waals surface area contributed by atoms with Gasteiger partial charge in [0.1, 0.15) is 11.2 Å². The number of carbonyl (C=O) groups is 2. The van der Waals surface area contributed by atoms with Crippen LogP contribution in [0.2, 0.25) is 10.0 Å². The molecule has 0 aromatic heterocycles. The van der Waals surface area contributed by atoms with Gasteiger partial charge in [-0.25, -0.2) is 9.59 Å². The van der Waals surface area contributed by atoms with E-state index in [1.54, 1.807) is 0 Å². The van der Waals surface area contributed by atoms with Gasteiger partial charge in [0.25, 0.3) is 0 Å². The van der Waals surface area contributed by atoms with E-state index in [4.69, 9.17) is 32.7 Å². The van der Waals surface area contributed by atoms with E-state index >= 15 is 0 Å². The van der Waals surface area contributed by atoms with Crippen LogP contribution in [0.5, 0.6) is 0 Å². The monoisotopic (exact) mass is 402 g/mol. The second kappa shape index (κ2) is 9.09. The molecule has 0 aliphatic heterocycles. The fraction of sp³-hybridized carbons (Fsp3) is 0.600. The smallest absolute Gasteiger partial charge is 0.339 e. The van der Waals surface area contributed by atoms with Crippen molar-refractivity contribution >= 4 is 35.1 Å². The van der Waals surface area contributed by atoms with Crippen molar-refractivity contribution < 1.29 is 19.1 Å². The molecule has 4 nitrogen and oxygen atoms in total. The zero-order valence-electron chi connectivity index (χ0n) is 16.4. The SMILES string of the molecule is CCCC(C)(C)OC(=O)c1cc(Cl)c(Cl)cc1C(=O)OC(C)(C)CCC. The molecule has 0 atom stereocenters. The Balaban J connectivity index is 3.22. The highest BCUT2D eigenvalue weighted by molar-refractivity contribution is 6.42. The standard InChI is InChI=1S/C20H28Cl2O4/c1-7-9-19(3,4)25-17(23)13-11-15(21)16(22)12-14(13)18(24)26-20(5,6)10-8-2/h11-12H,7-10H2,1-6H3. The number of halogens is 2. The summed E-state index contributed by atoms with van der Waals surface area (Å²) in [6, 6.07) is 2.72. The molecule has 6 heteroatoms. The number of hydrogen-bond acceptors (Lipinski definition) is 4. The van der Waals surface area contributed by atoms with Gasteiger partial charge >= 0.3 is 11.9 Å². The Hall–Kier alpha value is -1.26. The summed E-state index contributed by atoms with van der Waals surface area (Å²) in [6.45, 7) is 11.3. The van der Waals surface area contributed by atoms with Crippen molar-refractivity contribution in [1.82, 2.24) is 0 Å². The summed E-state index contributed by atoms with van der Waals surface area (Å²) in [5.74, 6) is -1.25. The molecule has 0 unspecified atom stereocenters. The highest BCUT2D eigenvalue weighted by atomic mass is 35.5. The van der Waals surface area contributed by atoms with Crippen molar-refractivity contribution in [3.05, 3.63) is 33.3 Å². The van der Waals surface area contributed by atoms with Crippen LogP contribution < -0.4 is 0 Å². The summed E-state index contributed by atoms with van der Waals surface area (Å²) >= 11 is 12.1. The van der Waals surface area contributed by atoms with Crippen molar-refractivity contribution in [2.45, 2.75) is 78.4 Å². The van der Waals surface area contributed by atoms with Gasteiger partial charge in [-0.3, -0.25) is 0 Å². The molecule has 1 aromatic rings. The molecule has 1 aromatic carbocycles. The minimum atomic E-state index is -0.652. The van der Waals surface area contributed by atoms with Crippen LogP contribution in [0.25, 0.3) is 0 Å². The first-order chi connectivity index (χ1) is 11.9. The highest BCUT2D eigenvalue weighted by Gasteiger charge is 2.30. The molecule has 26 heavy (non-hydrogen) atoms. The van der Waals surface area contributed by atoms with Gasteiger partial charge in [0.2, 0.25) is 0 Å². The summed E-state index contributed by atoms with van der Waals surface area (Å²) in [6.07, 6.45) is 3.12. The molecule has 0 amide bonds. The van der Waals surface area contributed by atoms with Crippen LogP contribution in [0.15, 0.2) is 12.1 Å². The Morgan fingerprint density at radius 1 is 0.808 bits per heavy atom. The van der Waals surface area contributed by atoms with Crippen molar-refractivity contribution in [1.29, 1.82) is 0 Å². The van der Waals surface area contributed by atoms with Crippen molar-refractivity contribution in [2.24, 2.45) is 0 Å². The van der Waals surface area contributed by atoms with Crippen LogP contribution in [-0.4, -0.2) is 23.1 Å². The fourth-order valence-electron chi connectivity index (χ4n) is 2.80. The molecule has 0 heterocycles. The lowest BCUT2D eigenvalue weighted by Gasteiger charge is -2.27. The number of ether oxygens (including phenoxy) is 2. The number of esters is 2. The van der Waals surface area contributed by atoms with Gasteiger partial charge in [-0.05, 0) is 52.7 Å². The van der Waals surface area contributed by atoms with E-state index in [1.807, 2.05) is 41.5 Å². The molecule has 0 fully saturated rings. The Bertz CT molecular complexity index is 609. The van der Waals surface area contributed by atoms with E-state index in [9.17, 15) is 9.59 Å². The van der Waals surface area contributed by atoms with Crippen molar-refractivity contribution in [2.75, 3.05) is 0 Å². The molecular weight excluding hydrogens is 375 g/mol. The number of benzene rings is 1. The quantitative estimate of drug-likeness (QED) is 0.467. The number of hydrogen-bond donors (Lipinski definition) is 0. The van der Waals surface area contributed by atoms with Crippen molar-refractivity contribution in [3.63, 3.8) is 0 Å². The maximum atomic E-state index is 12.7. The molecule has 0 saturated carbocycles. The van der Waals surface area contributed by atoms with Crippen LogP contribution in [0, 0.1) is 0 Å². The molecule has 0 saturated heterocycles. The first kappa shape index (κ1) is 22.8. The van der Waals surface area contributed by atoms with Gasteiger partial charge in [0, 0.05) is 0 Å². The van der Waals surface area contributed by atoms with Crippen LogP contribution >= 0.6 is 23.2 Å². The predicted octanol–water partition coefficient (Wildman–Crippen LogP) is 6.46. The molecule has 0 N–H and O–H groups in total. The van der Waals surface area contributed by atoms with Crippen LogP contribution in [0.3, 0.4) is 0 Å². The zero-order valence-corrected chi connectivity index (χ0v) is 17.9. The van der Waals surface area contributed by atoms with Gasteiger partial charge in [-0.2, -0.15) is 0 Å². The molecule has 0 aliphatic carbocycles. The number of rotatable bonds is 8. The Morgan fingerprint density at radius 3 is 1.38 bits per heavy atom. The molecule has 0 bridgehead atoms. The molecular formula is C20H28Cl2O4. The molecule has 0 aliphatic rings. The normalized spacial score (nSPS) is 12.0. The van der Waals surface area contributed by atoms with E-state index in [0.29, 0.717) is 12.8 Å². The third-order valence-electron chi connectivity index (χ3n) is 3.94. The summed E-state index contributed by atoms with van der Waals surface area (Å²) in [5.41, 5.74) is -1.19. The van der Waals surface area contributed by atoms with Crippen LogP contribution in [0.4, 0.5) is 0 Å². The summed E-state index contributed by atoms with van der Waals surface area (Å²) < 4.78 is 11.2. The minimum Gasteiger partial charge on any atom is -0.456 e. The molecule has 146 valence electrons. The van der Waals surface area contributed by atoms with Crippen molar-refractivity contribution in [3.8, 4) is 0 Å². The van der Waals surface area contributed by atoms with E-state index in [0.717, 1.165) is 12.8 Å². The third kappa shape index (κ3) is 6.48. The molecule has 0 radical (unpaired) electrons. The highest BCUT2D eigenvalue weighted by Crippen LogP contribution is 2.30. The van der Waals surface area contributed by atoms with Gasteiger partial charge < -0.3 is 9.47 Å². The molecule has 1 rings (SSSR count). The van der Waals surface area contributed by atoms with Gasteiger partial charge in [-0.15, -0.1) is 0 Å². The maximum absolute atomic E-state index is 12.7. The summed E-state index contributed by atoms with van der Waals surface area (Å²) in [7, 11) is 0. The summed E-state index contributed by atoms with van der Waals surface area (Å²) in [4.78, 5) is 25.4. The lowest BCUT2D eigenvalue weighted by molar-refractivity contribution is -0.00954. The van der Waals surface area contributed by atoms with Gasteiger partial charge in [0.05, 0.1) is 21.2 Å². The van der Waals surface area contributed by atoms with E-state index in [2.05, 4.69) is 0 Å². The van der Waals surface area contributed by atoms with Crippen LogP contribution in [-0.2, 0) is 9.47 Å². The topological polar surface area (TPSA) is 52.6 Å². The summed E-state index contributed by atoms with van der Waals surface area (Å²) in [5, 5.41) is 0.354.